The molecule has 6 rings (SSSR count). The lowest BCUT2D eigenvalue weighted by Gasteiger charge is -2.30. The van der Waals surface area contributed by atoms with Crippen molar-refractivity contribution in [3.05, 3.63) is 88.7 Å². The molecule has 3 aromatic carbocycles. The molecule has 0 amide bonds. The van der Waals surface area contributed by atoms with E-state index in [1.807, 2.05) is 31.2 Å². The Morgan fingerprint density at radius 1 is 0.618 bits per heavy atom. The van der Waals surface area contributed by atoms with Crippen LogP contribution in [0.15, 0.2) is 54.6 Å². The zero-order valence-electron chi connectivity index (χ0n) is 31.6. The van der Waals surface area contributed by atoms with Crippen LogP contribution >= 0.6 is 0 Å². The number of benzene rings is 3. The van der Waals surface area contributed by atoms with Gasteiger partial charge in [0.2, 0.25) is 0 Å². The van der Waals surface area contributed by atoms with Crippen LogP contribution in [0, 0.1) is 17.5 Å². The van der Waals surface area contributed by atoms with Crippen LogP contribution in [0.25, 0.3) is 0 Å². The van der Waals surface area contributed by atoms with E-state index in [4.69, 9.17) is 19.3 Å². The van der Waals surface area contributed by atoms with Gasteiger partial charge >= 0.3 is 6.18 Å². The number of nitrogens with one attached hydrogen (secondary N) is 3. The van der Waals surface area contributed by atoms with Crippen LogP contribution in [-0.4, -0.2) is 117 Å². The average Bonchev–Trinajstić information content (AvgIpc) is 3.19. The van der Waals surface area contributed by atoms with Crippen LogP contribution in [0.4, 0.5) is 43.4 Å². The average molecular weight is 785 g/mol. The number of nitrogens with zero attached hydrogens (tertiary/aromatic N) is 3. The van der Waals surface area contributed by atoms with Crippen molar-refractivity contribution >= 4 is 17.1 Å². The Labute approximate surface area is 319 Å². The first-order valence-electron chi connectivity index (χ1n) is 18.6. The molecule has 0 spiro atoms. The summed E-state index contributed by atoms with van der Waals surface area (Å²) in [6.07, 6.45) is -7.44. The highest BCUT2D eigenvalue weighted by molar-refractivity contribution is 5.51. The van der Waals surface area contributed by atoms with Crippen LogP contribution < -0.4 is 30.7 Å². The number of hydrogen-bond acceptors (Lipinski definition) is 10. The third kappa shape index (κ3) is 14.1. The van der Waals surface area contributed by atoms with Crippen LogP contribution in [-0.2, 0) is 27.4 Å². The zero-order valence-corrected chi connectivity index (χ0v) is 31.6. The van der Waals surface area contributed by atoms with Gasteiger partial charge in [0.25, 0.3) is 0 Å². The molecule has 3 heterocycles. The van der Waals surface area contributed by atoms with Gasteiger partial charge in [-0.05, 0) is 60.0 Å². The molecule has 1 atom stereocenters. The quantitative estimate of drug-likeness (QED) is 0.149. The van der Waals surface area contributed by atoms with Gasteiger partial charge in [-0.3, -0.25) is 0 Å². The second-order valence-corrected chi connectivity index (χ2v) is 13.1. The normalized spacial score (nSPS) is 16.9. The van der Waals surface area contributed by atoms with Gasteiger partial charge in [-0.1, -0.05) is 18.2 Å². The molecule has 4 N–H and O–H groups in total. The van der Waals surface area contributed by atoms with Gasteiger partial charge in [-0.25, -0.2) is 13.2 Å². The predicted molar refractivity (Wildman–Crippen MR) is 202 cm³/mol. The van der Waals surface area contributed by atoms with Crippen molar-refractivity contribution in [3.63, 3.8) is 0 Å². The fourth-order valence-electron chi connectivity index (χ4n) is 6.20. The first kappa shape index (κ1) is 44.1. The topological polar surface area (TPSA) is 93.7 Å². The minimum absolute atomic E-state index is 0.149. The van der Waals surface area contributed by atoms with Gasteiger partial charge in [-0.2, -0.15) is 13.2 Å². The molecule has 3 aliphatic rings. The Morgan fingerprint density at radius 2 is 1.02 bits per heavy atom. The second-order valence-electron chi connectivity index (χ2n) is 13.1. The highest BCUT2D eigenvalue weighted by Gasteiger charge is 2.39. The summed E-state index contributed by atoms with van der Waals surface area (Å²) >= 11 is 0. The minimum atomic E-state index is -4.79. The lowest BCUT2D eigenvalue weighted by Crippen LogP contribution is -2.43. The second kappa shape index (κ2) is 22.8. The van der Waals surface area contributed by atoms with Crippen molar-refractivity contribution in [2.75, 3.05) is 120 Å². The van der Waals surface area contributed by atoms with Crippen LogP contribution in [0.1, 0.15) is 29.7 Å². The molecule has 3 aromatic rings. The van der Waals surface area contributed by atoms with Crippen LogP contribution in [0.5, 0.6) is 0 Å². The Kier molecular flexibility index (Phi) is 18.3. The fourth-order valence-corrected chi connectivity index (χ4v) is 6.20. The molecule has 55 heavy (non-hydrogen) atoms. The third-order valence-corrected chi connectivity index (χ3v) is 9.17. The molecule has 0 aliphatic carbocycles. The maximum absolute atomic E-state index is 14.1. The standard InChI is InChI=1S/C14H21FN2O2.C13H19FN2O.C12H14F4N2O/c1-18-8-9-19-11-12-2-3-14(13(15)10-12)17-6-4-16-5-7-17;1-2-17-10-11-3-4-13(12(14)9-11)16-7-5-15-6-8-16;13-9-7-8(11(19)12(14,15)16)1-2-10(9)18-5-3-17-4-6-18/h2-3,10,16H,4-9,11H2,1H3;3-4,9,15H,2,5-8,10H2,1H3;1-2,7,11,17,19H,3-6H2. The van der Waals surface area contributed by atoms with Crippen molar-refractivity contribution < 1.29 is 45.7 Å². The Bertz CT molecular complexity index is 1570. The molecule has 0 saturated carbocycles. The maximum atomic E-state index is 14.1. The van der Waals surface area contributed by atoms with Gasteiger partial charge in [-0.15, -0.1) is 0 Å². The molecule has 0 aromatic heterocycles. The molecule has 0 radical (unpaired) electrons. The molecular formula is C39H54F6N6O4. The Morgan fingerprint density at radius 3 is 1.38 bits per heavy atom. The third-order valence-electron chi connectivity index (χ3n) is 9.17. The van der Waals surface area contributed by atoms with E-state index in [1.165, 1.54) is 6.07 Å². The molecule has 0 bridgehead atoms. The van der Waals surface area contributed by atoms with Crippen molar-refractivity contribution in [2.24, 2.45) is 0 Å². The van der Waals surface area contributed by atoms with E-state index in [-0.39, 0.29) is 17.3 Å². The first-order chi connectivity index (χ1) is 26.5. The number of anilines is 3. The van der Waals surface area contributed by atoms with Crippen molar-refractivity contribution in [2.45, 2.75) is 32.4 Å². The number of hydrogen-bond donors (Lipinski definition) is 4. The number of rotatable bonds is 12. The van der Waals surface area contributed by atoms with Crippen molar-refractivity contribution in [3.8, 4) is 0 Å². The van der Waals surface area contributed by atoms with Gasteiger partial charge in [0.1, 0.15) is 17.5 Å². The largest absolute Gasteiger partial charge is 0.418 e. The monoisotopic (exact) mass is 784 g/mol. The van der Waals surface area contributed by atoms with E-state index in [1.54, 1.807) is 24.1 Å². The summed E-state index contributed by atoms with van der Waals surface area (Å²) in [4.78, 5) is 5.91. The summed E-state index contributed by atoms with van der Waals surface area (Å²) in [5.41, 5.74) is 2.91. The predicted octanol–water partition coefficient (Wildman–Crippen LogP) is 5.00. The molecule has 3 saturated heterocycles. The van der Waals surface area contributed by atoms with Crippen LogP contribution in [0.3, 0.4) is 0 Å². The lowest BCUT2D eigenvalue weighted by atomic mass is 10.1. The molecule has 10 nitrogen and oxygen atoms in total. The number of aliphatic hydroxyl groups excluding tert-OH is 1. The summed E-state index contributed by atoms with van der Waals surface area (Å²) in [6, 6.07) is 13.8. The lowest BCUT2D eigenvalue weighted by molar-refractivity contribution is -0.206. The summed E-state index contributed by atoms with van der Waals surface area (Å²) in [5, 5.41) is 18.7. The molecule has 3 aliphatic heterocycles. The summed E-state index contributed by atoms with van der Waals surface area (Å²) < 4.78 is 94.4. The SMILES string of the molecule is CCOCc1ccc(N2CCNCC2)c(F)c1.COCCOCc1ccc(N2CCNCC2)c(F)c1.OC(c1ccc(N2CCNCC2)c(F)c1)C(F)(F)F. The highest BCUT2D eigenvalue weighted by atomic mass is 19.4. The van der Waals surface area contributed by atoms with Gasteiger partial charge < -0.3 is 50.0 Å². The van der Waals surface area contributed by atoms with E-state index in [9.17, 15) is 26.3 Å². The highest BCUT2D eigenvalue weighted by Crippen LogP contribution is 2.34. The Hall–Kier alpha value is -3.64. The van der Waals surface area contributed by atoms with Gasteiger partial charge in [0, 0.05) is 92.3 Å². The molecule has 1 unspecified atom stereocenters. The summed E-state index contributed by atoms with van der Waals surface area (Å²) in [6.45, 7) is 14.2. The zero-order chi connectivity index (χ0) is 39.6. The first-order valence-corrected chi connectivity index (χ1v) is 18.6. The van der Waals surface area contributed by atoms with Crippen molar-refractivity contribution in [1.82, 2.24) is 16.0 Å². The molecular weight excluding hydrogens is 730 g/mol. The van der Waals surface area contributed by atoms with Gasteiger partial charge in [0.05, 0.1) is 43.5 Å². The van der Waals surface area contributed by atoms with Gasteiger partial charge in [0.15, 0.2) is 6.10 Å². The van der Waals surface area contributed by atoms with E-state index < -0.39 is 23.7 Å². The van der Waals surface area contributed by atoms with E-state index in [0.29, 0.717) is 70.6 Å². The van der Waals surface area contributed by atoms with E-state index in [0.717, 1.165) is 75.6 Å². The van der Waals surface area contributed by atoms with E-state index in [2.05, 4.69) is 25.8 Å². The molecule has 3 fully saturated rings. The number of piperazine rings is 3. The van der Waals surface area contributed by atoms with Crippen LogP contribution in [0.2, 0.25) is 0 Å². The number of halogens is 6. The maximum Gasteiger partial charge on any atom is 0.418 e. The summed E-state index contributed by atoms with van der Waals surface area (Å²) in [5.74, 6) is -1.07. The fraction of sp³-hybridized carbons (Fsp3) is 0.538. The molecule has 16 heteroatoms. The molecule has 306 valence electrons. The summed E-state index contributed by atoms with van der Waals surface area (Å²) in [7, 11) is 1.63. The Balaban J connectivity index is 0.000000184. The number of ether oxygens (including phenoxy) is 3. The smallest absolute Gasteiger partial charge is 0.382 e. The number of alkyl halides is 3. The van der Waals surface area contributed by atoms with Crippen molar-refractivity contribution in [1.29, 1.82) is 0 Å². The number of methoxy groups -OCH3 is 1. The van der Waals surface area contributed by atoms with E-state index >= 15 is 0 Å². The minimum Gasteiger partial charge on any atom is -0.382 e. The number of aliphatic hydroxyl groups is 1.